The van der Waals surface area contributed by atoms with Crippen molar-refractivity contribution in [2.24, 2.45) is 12.5 Å². The molecule has 0 aliphatic carbocycles. The zero-order chi connectivity index (χ0) is 23.5. The lowest BCUT2D eigenvalue weighted by atomic mass is 9.87. The number of benzene rings is 3. The Morgan fingerprint density at radius 3 is 2.33 bits per heavy atom. The van der Waals surface area contributed by atoms with Crippen molar-refractivity contribution in [3.8, 4) is 11.3 Å². The molecule has 0 spiro atoms. The first-order valence-corrected chi connectivity index (χ1v) is 12.1. The van der Waals surface area contributed by atoms with Crippen molar-refractivity contribution in [3.05, 3.63) is 78.0 Å². The van der Waals surface area contributed by atoms with Gasteiger partial charge in [0.05, 0.1) is 16.5 Å². The highest BCUT2D eigenvalue weighted by Gasteiger charge is 2.21. The highest BCUT2D eigenvalue weighted by molar-refractivity contribution is 6.10. The van der Waals surface area contributed by atoms with Crippen LogP contribution in [-0.4, -0.2) is 4.57 Å². The second-order valence-electron chi connectivity index (χ2n) is 11.1. The molecule has 0 atom stereocenters. The molecule has 0 fully saturated rings. The normalized spacial score (nSPS) is 12.5. The van der Waals surface area contributed by atoms with Gasteiger partial charge in [-0.1, -0.05) is 51.1 Å². The Labute approximate surface area is 197 Å². The van der Waals surface area contributed by atoms with Crippen molar-refractivity contribution >= 4 is 32.6 Å². The van der Waals surface area contributed by atoms with Crippen molar-refractivity contribution in [2.45, 2.75) is 54.0 Å². The molecule has 2 nitrogen and oxygen atoms in total. The minimum atomic E-state index is 0.280. The molecule has 0 amide bonds. The summed E-state index contributed by atoms with van der Waals surface area (Å²) >= 11 is 0. The third kappa shape index (κ3) is 3.72. The summed E-state index contributed by atoms with van der Waals surface area (Å²) in [5.41, 5.74) is 8.22. The second kappa shape index (κ2) is 7.73. The summed E-state index contributed by atoms with van der Waals surface area (Å²) in [7, 11) is 2.17. The van der Waals surface area contributed by atoms with Crippen molar-refractivity contribution in [1.82, 2.24) is 4.57 Å². The summed E-state index contributed by atoms with van der Waals surface area (Å²) in [6.07, 6.45) is 3.29. The quantitative estimate of drug-likeness (QED) is 0.255. The Morgan fingerprint density at radius 2 is 1.61 bits per heavy atom. The van der Waals surface area contributed by atoms with Gasteiger partial charge in [0.15, 0.2) is 6.20 Å². The molecule has 2 aromatic heterocycles. The number of rotatable bonds is 3. The zero-order valence-electron chi connectivity index (χ0n) is 21.0. The average Bonchev–Trinajstić information content (AvgIpc) is 3.06. The summed E-state index contributed by atoms with van der Waals surface area (Å²) in [4.78, 5) is 0. The number of pyridine rings is 1. The van der Waals surface area contributed by atoms with Gasteiger partial charge in [-0.05, 0) is 73.4 Å². The minimum Gasteiger partial charge on any atom is -0.338 e. The van der Waals surface area contributed by atoms with E-state index < -0.39 is 0 Å². The van der Waals surface area contributed by atoms with E-state index in [-0.39, 0.29) is 5.41 Å². The molecule has 3 aromatic carbocycles. The van der Waals surface area contributed by atoms with Gasteiger partial charge in [-0.2, -0.15) is 0 Å². The zero-order valence-corrected chi connectivity index (χ0v) is 21.0. The Balaban J connectivity index is 1.79. The maximum atomic E-state index is 2.49. The van der Waals surface area contributed by atoms with Crippen molar-refractivity contribution in [2.75, 3.05) is 0 Å². The Hall–Kier alpha value is -3.13. The van der Waals surface area contributed by atoms with Crippen molar-refractivity contribution in [3.63, 3.8) is 0 Å². The molecule has 0 saturated carbocycles. The molecule has 0 bridgehead atoms. The number of aromatic nitrogens is 2. The van der Waals surface area contributed by atoms with Crippen LogP contribution in [0.25, 0.3) is 43.8 Å². The van der Waals surface area contributed by atoms with Gasteiger partial charge in [0.25, 0.3) is 0 Å². The highest BCUT2D eigenvalue weighted by atomic mass is 15.0. The lowest BCUT2D eigenvalue weighted by Crippen LogP contribution is -2.30. The molecule has 168 valence electrons. The molecule has 0 unspecified atom stereocenters. The van der Waals surface area contributed by atoms with E-state index >= 15 is 0 Å². The van der Waals surface area contributed by atoms with Crippen molar-refractivity contribution in [1.29, 1.82) is 0 Å². The van der Waals surface area contributed by atoms with Crippen LogP contribution in [0.5, 0.6) is 0 Å². The Bertz CT molecular complexity index is 1510. The fraction of sp³-hybridized carbons (Fsp3) is 0.323. The summed E-state index contributed by atoms with van der Waals surface area (Å²) < 4.78 is 4.77. The molecular formula is C31H35N2+. The van der Waals surface area contributed by atoms with E-state index in [4.69, 9.17) is 0 Å². The highest BCUT2D eigenvalue weighted by Crippen LogP contribution is 2.37. The summed E-state index contributed by atoms with van der Waals surface area (Å²) in [5.74, 6) is 0. The monoisotopic (exact) mass is 435 g/mol. The van der Waals surface area contributed by atoms with Gasteiger partial charge >= 0.3 is 0 Å². The molecule has 0 saturated heterocycles. The van der Waals surface area contributed by atoms with Gasteiger partial charge in [0.1, 0.15) is 7.05 Å². The SMILES string of the molecule is Cc1cc2c3ccccc3n(C(C)C)c2cc1-c1c2ccc(CC(C)(C)C)cc2cc[n+]1C. The van der Waals surface area contributed by atoms with E-state index in [1.54, 1.807) is 0 Å². The number of nitrogens with zero attached hydrogens (tertiary/aromatic N) is 2. The van der Waals surface area contributed by atoms with Crippen LogP contribution < -0.4 is 4.57 Å². The van der Waals surface area contributed by atoms with Crippen LogP contribution in [-0.2, 0) is 13.5 Å². The standard InChI is InChI=1S/C31H35N2/c1-20(2)33-28-11-9-8-10-25(28)27-16-21(3)26(18-29(27)33)30-24-13-12-22(19-31(4,5)6)17-23(24)14-15-32(30)7/h8-18,20H,19H2,1-7H3/q+1. The van der Waals surface area contributed by atoms with Gasteiger partial charge in [-0.3, -0.25) is 0 Å². The van der Waals surface area contributed by atoms with Gasteiger partial charge in [0.2, 0.25) is 5.69 Å². The molecule has 0 N–H and O–H groups in total. The minimum absolute atomic E-state index is 0.280. The fourth-order valence-corrected chi connectivity index (χ4v) is 5.44. The second-order valence-corrected chi connectivity index (χ2v) is 11.1. The van der Waals surface area contributed by atoms with Crippen LogP contribution in [0.1, 0.15) is 51.8 Å². The van der Waals surface area contributed by atoms with Crippen LogP contribution in [0.15, 0.2) is 66.9 Å². The molecule has 2 heteroatoms. The molecule has 0 aliphatic rings. The molecular weight excluding hydrogens is 400 g/mol. The molecule has 0 radical (unpaired) electrons. The smallest absolute Gasteiger partial charge is 0.220 e. The van der Waals surface area contributed by atoms with E-state index in [9.17, 15) is 0 Å². The van der Waals surface area contributed by atoms with Crippen LogP contribution in [0.2, 0.25) is 0 Å². The van der Waals surface area contributed by atoms with E-state index in [1.807, 2.05) is 0 Å². The number of hydrogen-bond acceptors (Lipinski definition) is 0. The molecule has 5 rings (SSSR count). The Morgan fingerprint density at radius 1 is 0.848 bits per heavy atom. The number of fused-ring (bicyclic) bond motifs is 4. The largest absolute Gasteiger partial charge is 0.338 e. The van der Waals surface area contributed by atoms with Crippen LogP contribution in [0.3, 0.4) is 0 Å². The summed E-state index contributed by atoms with van der Waals surface area (Å²) in [6, 6.07) is 23.3. The molecule has 5 aromatic rings. The fourth-order valence-electron chi connectivity index (χ4n) is 5.44. The van der Waals surface area contributed by atoms with Gasteiger partial charge in [0, 0.05) is 28.4 Å². The summed E-state index contributed by atoms with van der Waals surface area (Å²) in [6.45, 7) is 13.7. The first-order chi connectivity index (χ1) is 15.6. The average molecular weight is 436 g/mol. The summed E-state index contributed by atoms with van der Waals surface area (Å²) in [5, 5.41) is 5.31. The van der Waals surface area contributed by atoms with E-state index in [0.717, 1.165) is 6.42 Å². The van der Waals surface area contributed by atoms with Gasteiger partial charge < -0.3 is 4.57 Å². The van der Waals surface area contributed by atoms with Crippen LogP contribution >= 0.6 is 0 Å². The van der Waals surface area contributed by atoms with Crippen LogP contribution in [0.4, 0.5) is 0 Å². The van der Waals surface area contributed by atoms with Gasteiger partial charge in [-0.15, -0.1) is 0 Å². The predicted molar refractivity (Wildman–Crippen MR) is 142 cm³/mol. The first-order valence-electron chi connectivity index (χ1n) is 12.1. The number of para-hydroxylation sites is 1. The van der Waals surface area contributed by atoms with E-state index in [0.29, 0.717) is 6.04 Å². The maximum absolute atomic E-state index is 2.49. The Kier molecular flexibility index (Phi) is 5.08. The van der Waals surface area contributed by atoms with Gasteiger partial charge in [-0.25, -0.2) is 4.57 Å². The molecule has 33 heavy (non-hydrogen) atoms. The lowest BCUT2D eigenvalue weighted by Gasteiger charge is -2.18. The first kappa shape index (κ1) is 21.7. The topological polar surface area (TPSA) is 8.81 Å². The lowest BCUT2D eigenvalue weighted by molar-refractivity contribution is -0.659. The van der Waals surface area contributed by atoms with Crippen LogP contribution in [0, 0.1) is 12.3 Å². The maximum Gasteiger partial charge on any atom is 0.220 e. The number of hydrogen-bond donors (Lipinski definition) is 0. The van der Waals surface area contributed by atoms with Crippen molar-refractivity contribution < 1.29 is 4.57 Å². The molecule has 2 heterocycles. The number of aryl methyl sites for hydroxylation is 2. The molecule has 0 aliphatic heterocycles. The predicted octanol–water partition coefficient (Wildman–Crippen LogP) is 7.92. The van der Waals surface area contributed by atoms with E-state index in [2.05, 4.69) is 125 Å². The van der Waals surface area contributed by atoms with E-state index in [1.165, 1.54) is 55.0 Å². The third-order valence-corrected chi connectivity index (χ3v) is 6.76. The third-order valence-electron chi connectivity index (χ3n) is 6.76.